The van der Waals surface area contributed by atoms with E-state index in [1.807, 2.05) is 0 Å². The fourth-order valence-corrected chi connectivity index (χ4v) is 3.75. The summed E-state index contributed by atoms with van der Waals surface area (Å²) in [5.41, 5.74) is 1.42. The third kappa shape index (κ3) is 3.62. The number of nitrogens with zero attached hydrogens (tertiary/aromatic N) is 1. The van der Waals surface area contributed by atoms with Crippen LogP contribution in [0.5, 0.6) is 0 Å². The Hall–Kier alpha value is -0.860. The van der Waals surface area contributed by atoms with Gasteiger partial charge in [0.1, 0.15) is 0 Å². The maximum absolute atomic E-state index is 3.70. The van der Waals surface area contributed by atoms with Crippen molar-refractivity contribution in [2.45, 2.75) is 64.6 Å². The summed E-state index contributed by atoms with van der Waals surface area (Å²) in [5.74, 6) is 0. The summed E-state index contributed by atoms with van der Waals surface area (Å²) in [5, 5.41) is 3.70. The second-order valence-electron chi connectivity index (χ2n) is 5.96. The molecule has 20 heavy (non-hydrogen) atoms. The van der Waals surface area contributed by atoms with Gasteiger partial charge in [-0.15, -0.1) is 0 Å². The van der Waals surface area contributed by atoms with Crippen molar-refractivity contribution in [1.82, 2.24) is 10.2 Å². The van der Waals surface area contributed by atoms with Crippen LogP contribution < -0.4 is 5.32 Å². The van der Waals surface area contributed by atoms with Crippen LogP contribution in [0, 0.1) is 0 Å². The smallest absolute Gasteiger partial charge is 0.0475 e. The predicted molar refractivity (Wildman–Crippen MR) is 87.0 cm³/mol. The van der Waals surface area contributed by atoms with Gasteiger partial charge in [-0.1, -0.05) is 57.0 Å². The largest absolute Gasteiger partial charge is 0.309 e. The lowest BCUT2D eigenvalue weighted by molar-refractivity contribution is 0.124. The van der Waals surface area contributed by atoms with Crippen molar-refractivity contribution in [3.05, 3.63) is 35.9 Å². The van der Waals surface area contributed by atoms with E-state index in [1.165, 1.54) is 31.2 Å². The fraction of sp³-hybridized carbons (Fsp3) is 0.667. The first-order valence-corrected chi connectivity index (χ1v) is 8.32. The van der Waals surface area contributed by atoms with Crippen molar-refractivity contribution in [3.8, 4) is 0 Å². The maximum atomic E-state index is 3.70. The average molecular weight is 274 g/mol. The van der Waals surface area contributed by atoms with E-state index in [1.54, 1.807) is 0 Å². The Morgan fingerprint density at radius 3 is 2.35 bits per heavy atom. The molecule has 0 radical (unpaired) electrons. The first-order valence-electron chi connectivity index (χ1n) is 8.32. The minimum Gasteiger partial charge on any atom is -0.309 e. The number of hydrogen-bond donors (Lipinski definition) is 1. The van der Waals surface area contributed by atoms with Gasteiger partial charge in [-0.3, -0.25) is 4.90 Å². The zero-order valence-electron chi connectivity index (χ0n) is 13.3. The van der Waals surface area contributed by atoms with Crippen molar-refractivity contribution in [2.24, 2.45) is 0 Å². The molecule has 1 aliphatic rings. The van der Waals surface area contributed by atoms with Crippen molar-refractivity contribution < 1.29 is 0 Å². The molecule has 1 saturated carbocycles. The van der Waals surface area contributed by atoms with Crippen LogP contribution in [0.3, 0.4) is 0 Å². The highest BCUT2D eigenvalue weighted by Gasteiger charge is 2.30. The van der Waals surface area contributed by atoms with Gasteiger partial charge < -0.3 is 5.32 Å². The summed E-state index contributed by atoms with van der Waals surface area (Å²) in [6.07, 6.45) is 5.58. The molecular formula is C18H30N2. The van der Waals surface area contributed by atoms with Gasteiger partial charge in [0.2, 0.25) is 0 Å². The van der Waals surface area contributed by atoms with E-state index >= 15 is 0 Å². The van der Waals surface area contributed by atoms with Gasteiger partial charge in [0.15, 0.2) is 0 Å². The van der Waals surface area contributed by atoms with Crippen LogP contribution in [0.2, 0.25) is 0 Å². The van der Waals surface area contributed by atoms with Crippen LogP contribution in [0.4, 0.5) is 0 Å². The standard InChI is InChI=1S/C18H30N2/c1-4-19-18(16-11-7-6-8-12-16)15(3)20(5-2)17-13-9-10-14-17/h6-8,11-12,15,17-19H,4-5,9-10,13-14H2,1-3H3. The van der Waals surface area contributed by atoms with Gasteiger partial charge in [-0.2, -0.15) is 0 Å². The van der Waals surface area contributed by atoms with E-state index in [0.717, 1.165) is 19.1 Å². The molecule has 0 bridgehead atoms. The van der Waals surface area contributed by atoms with Crippen LogP contribution in [0.15, 0.2) is 30.3 Å². The lowest BCUT2D eigenvalue weighted by Gasteiger charge is -2.38. The fourth-order valence-electron chi connectivity index (χ4n) is 3.75. The Labute approximate surface area is 124 Å². The Morgan fingerprint density at radius 2 is 1.80 bits per heavy atom. The summed E-state index contributed by atoms with van der Waals surface area (Å²) in [4.78, 5) is 2.72. The molecule has 2 rings (SSSR count). The molecule has 1 aromatic rings. The molecule has 112 valence electrons. The molecule has 1 aliphatic carbocycles. The van der Waals surface area contributed by atoms with Crippen molar-refractivity contribution in [2.75, 3.05) is 13.1 Å². The van der Waals surface area contributed by atoms with Gasteiger partial charge in [-0.05, 0) is 38.4 Å². The second kappa shape index (κ2) is 7.80. The SMILES string of the molecule is CCNC(c1ccccc1)C(C)N(CC)C1CCCC1. The van der Waals surface area contributed by atoms with E-state index < -0.39 is 0 Å². The molecule has 1 fully saturated rings. The van der Waals surface area contributed by atoms with Crippen LogP contribution in [-0.4, -0.2) is 30.1 Å². The van der Waals surface area contributed by atoms with Crippen molar-refractivity contribution >= 4 is 0 Å². The molecule has 2 atom stereocenters. The summed E-state index contributed by atoms with van der Waals surface area (Å²) < 4.78 is 0. The lowest BCUT2D eigenvalue weighted by Crippen LogP contribution is -2.47. The molecule has 2 nitrogen and oxygen atoms in total. The topological polar surface area (TPSA) is 15.3 Å². The van der Waals surface area contributed by atoms with E-state index in [9.17, 15) is 0 Å². The number of likely N-dealkylation sites (N-methyl/N-ethyl adjacent to an activating group) is 2. The van der Waals surface area contributed by atoms with E-state index in [0.29, 0.717) is 12.1 Å². The molecule has 0 aromatic heterocycles. The molecule has 0 saturated heterocycles. The monoisotopic (exact) mass is 274 g/mol. The quantitative estimate of drug-likeness (QED) is 0.809. The zero-order valence-corrected chi connectivity index (χ0v) is 13.3. The maximum Gasteiger partial charge on any atom is 0.0475 e. The summed E-state index contributed by atoms with van der Waals surface area (Å²) in [6.45, 7) is 9.08. The van der Waals surface area contributed by atoms with E-state index in [2.05, 4.69) is 61.3 Å². The Kier molecular flexibility index (Phi) is 6.06. The van der Waals surface area contributed by atoms with Gasteiger partial charge in [0.05, 0.1) is 0 Å². The van der Waals surface area contributed by atoms with Crippen LogP contribution in [-0.2, 0) is 0 Å². The molecule has 2 heteroatoms. The van der Waals surface area contributed by atoms with Crippen molar-refractivity contribution in [1.29, 1.82) is 0 Å². The molecule has 1 N–H and O–H groups in total. The first-order chi connectivity index (χ1) is 9.77. The third-order valence-electron chi connectivity index (χ3n) is 4.75. The third-order valence-corrected chi connectivity index (χ3v) is 4.75. The molecule has 0 spiro atoms. The van der Waals surface area contributed by atoms with Gasteiger partial charge in [0, 0.05) is 18.1 Å². The van der Waals surface area contributed by atoms with Crippen molar-refractivity contribution in [3.63, 3.8) is 0 Å². The molecule has 0 heterocycles. The van der Waals surface area contributed by atoms with Crippen LogP contribution >= 0.6 is 0 Å². The Bertz CT molecular complexity index is 370. The molecule has 1 aromatic carbocycles. The number of nitrogens with one attached hydrogen (secondary N) is 1. The second-order valence-corrected chi connectivity index (χ2v) is 5.96. The Balaban J connectivity index is 2.14. The average Bonchev–Trinajstić information content (AvgIpc) is 3.00. The minimum absolute atomic E-state index is 0.432. The van der Waals surface area contributed by atoms with E-state index in [4.69, 9.17) is 0 Å². The van der Waals surface area contributed by atoms with Crippen LogP contribution in [0.25, 0.3) is 0 Å². The van der Waals surface area contributed by atoms with Gasteiger partial charge in [0.25, 0.3) is 0 Å². The van der Waals surface area contributed by atoms with Gasteiger partial charge >= 0.3 is 0 Å². The Morgan fingerprint density at radius 1 is 1.15 bits per heavy atom. The van der Waals surface area contributed by atoms with Crippen LogP contribution in [0.1, 0.15) is 58.1 Å². The zero-order chi connectivity index (χ0) is 14.4. The number of hydrogen-bond acceptors (Lipinski definition) is 2. The first kappa shape index (κ1) is 15.5. The highest BCUT2D eigenvalue weighted by molar-refractivity contribution is 5.20. The normalized spacial score (nSPS) is 19.4. The minimum atomic E-state index is 0.432. The highest BCUT2D eigenvalue weighted by Crippen LogP contribution is 2.29. The number of rotatable bonds is 7. The molecular weight excluding hydrogens is 244 g/mol. The van der Waals surface area contributed by atoms with E-state index in [-0.39, 0.29) is 0 Å². The summed E-state index contributed by atoms with van der Waals surface area (Å²) >= 11 is 0. The molecule has 0 aliphatic heterocycles. The number of benzene rings is 1. The summed E-state index contributed by atoms with van der Waals surface area (Å²) in [7, 11) is 0. The van der Waals surface area contributed by atoms with Gasteiger partial charge in [-0.25, -0.2) is 0 Å². The summed E-state index contributed by atoms with van der Waals surface area (Å²) in [6, 6.07) is 12.7. The predicted octanol–water partition coefficient (Wildman–Crippen LogP) is 3.99. The lowest BCUT2D eigenvalue weighted by atomic mass is 9.97. The molecule has 2 unspecified atom stereocenters. The highest BCUT2D eigenvalue weighted by atomic mass is 15.2. The molecule has 0 amide bonds.